The summed E-state index contributed by atoms with van der Waals surface area (Å²) in [5, 5.41) is 9.98. The third-order valence-corrected chi connectivity index (χ3v) is 4.65. The summed E-state index contributed by atoms with van der Waals surface area (Å²) >= 11 is 0. The second kappa shape index (κ2) is 11.1. The van der Waals surface area contributed by atoms with Gasteiger partial charge in [-0.2, -0.15) is 0 Å². The Balaban J connectivity index is 1.77. The number of furan rings is 1. The lowest BCUT2D eigenvalue weighted by Gasteiger charge is -2.31. The largest absolute Gasteiger partial charge is 0.469 e. The van der Waals surface area contributed by atoms with Gasteiger partial charge in [0.2, 0.25) is 0 Å². The molecule has 1 aromatic heterocycles. The minimum absolute atomic E-state index is 0.172. The van der Waals surface area contributed by atoms with Crippen LogP contribution in [0.2, 0.25) is 0 Å². The van der Waals surface area contributed by atoms with E-state index in [0.717, 1.165) is 56.9 Å². The number of aliphatic imine (C=N–C) groups is 1. The summed E-state index contributed by atoms with van der Waals surface area (Å²) in [4.78, 5) is 16.7. The van der Waals surface area contributed by atoms with E-state index in [1.54, 1.807) is 6.26 Å². The van der Waals surface area contributed by atoms with Crippen LogP contribution in [-0.4, -0.2) is 42.8 Å². The van der Waals surface area contributed by atoms with Crippen LogP contribution in [0.25, 0.3) is 0 Å². The number of hydrogen-bond donors (Lipinski definition) is 3. The van der Waals surface area contributed by atoms with E-state index in [1.807, 2.05) is 32.9 Å². The third-order valence-electron chi connectivity index (χ3n) is 4.65. The van der Waals surface area contributed by atoms with E-state index >= 15 is 0 Å². The average Bonchev–Trinajstić information content (AvgIpc) is 3.13. The van der Waals surface area contributed by atoms with Crippen molar-refractivity contribution in [1.29, 1.82) is 0 Å². The topological polar surface area (TPSA) is 87.9 Å². The molecule has 2 rings (SSSR count). The number of carbonyl (C=O) groups is 1. The molecule has 0 unspecified atom stereocenters. The van der Waals surface area contributed by atoms with Crippen molar-refractivity contribution in [3.63, 3.8) is 0 Å². The highest BCUT2D eigenvalue weighted by atomic mass is 16.6. The fourth-order valence-corrected chi connectivity index (χ4v) is 3.24. The summed E-state index contributed by atoms with van der Waals surface area (Å²) in [6.45, 7) is 11.5. The van der Waals surface area contributed by atoms with Gasteiger partial charge in [-0.05, 0) is 64.5 Å². The van der Waals surface area contributed by atoms with E-state index in [9.17, 15) is 4.79 Å². The maximum atomic E-state index is 12.0. The SMILES string of the molecule is CC(C)CN=C(NCCc1ccco1)NC1CCC(NC(=O)OC(C)(C)C)CC1. The molecule has 0 radical (unpaired) electrons. The molecule has 1 aliphatic rings. The summed E-state index contributed by atoms with van der Waals surface area (Å²) in [7, 11) is 0. The van der Waals surface area contributed by atoms with Gasteiger partial charge in [0.25, 0.3) is 0 Å². The summed E-state index contributed by atoms with van der Waals surface area (Å²) in [6.07, 6.45) is 6.03. The van der Waals surface area contributed by atoms with E-state index in [2.05, 4.69) is 29.8 Å². The molecule has 1 aliphatic carbocycles. The van der Waals surface area contributed by atoms with Gasteiger partial charge in [0.1, 0.15) is 11.4 Å². The van der Waals surface area contributed by atoms with Crippen LogP contribution in [0.5, 0.6) is 0 Å². The predicted molar refractivity (Wildman–Crippen MR) is 116 cm³/mol. The van der Waals surface area contributed by atoms with Crippen molar-refractivity contribution in [2.45, 2.75) is 84.4 Å². The van der Waals surface area contributed by atoms with Gasteiger partial charge in [-0.3, -0.25) is 4.99 Å². The number of ether oxygens (including phenoxy) is 1. The molecule has 1 saturated carbocycles. The number of guanidine groups is 1. The molecule has 164 valence electrons. The molecule has 3 N–H and O–H groups in total. The quantitative estimate of drug-likeness (QED) is 0.473. The van der Waals surface area contributed by atoms with Gasteiger partial charge >= 0.3 is 6.09 Å². The summed E-state index contributed by atoms with van der Waals surface area (Å²) in [5.41, 5.74) is -0.466. The summed E-state index contributed by atoms with van der Waals surface area (Å²) < 4.78 is 10.8. The number of carbonyl (C=O) groups excluding carboxylic acids is 1. The van der Waals surface area contributed by atoms with Gasteiger partial charge in [-0.1, -0.05) is 13.8 Å². The van der Waals surface area contributed by atoms with Gasteiger partial charge in [-0.25, -0.2) is 4.79 Å². The fourth-order valence-electron chi connectivity index (χ4n) is 3.24. The first kappa shape index (κ1) is 23.1. The van der Waals surface area contributed by atoms with Crippen LogP contribution in [0, 0.1) is 5.92 Å². The van der Waals surface area contributed by atoms with Crippen LogP contribution < -0.4 is 16.0 Å². The zero-order valence-electron chi connectivity index (χ0n) is 18.6. The van der Waals surface area contributed by atoms with Crippen molar-refractivity contribution < 1.29 is 13.9 Å². The lowest BCUT2D eigenvalue weighted by atomic mass is 9.91. The van der Waals surface area contributed by atoms with Crippen LogP contribution in [0.15, 0.2) is 27.8 Å². The van der Waals surface area contributed by atoms with Gasteiger partial charge in [0.15, 0.2) is 5.96 Å². The number of amides is 1. The van der Waals surface area contributed by atoms with Crippen molar-refractivity contribution in [2.75, 3.05) is 13.1 Å². The smallest absolute Gasteiger partial charge is 0.407 e. The molecule has 7 nitrogen and oxygen atoms in total. The predicted octanol–water partition coefficient (Wildman–Crippen LogP) is 3.85. The van der Waals surface area contributed by atoms with Crippen molar-refractivity contribution in [3.05, 3.63) is 24.2 Å². The number of nitrogens with zero attached hydrogens (tertiary/aromatic N) is 1. The summed E-state index contributed by atoms with van der Waals surface area (Å²) in [5.74, 6) is 2.33. The second-order valence-electron chi connectivity index (χ2n) is 9.18. The molecular weight excluding hydrogens is 368 g/mol. The highest BCUT2D eigenvalue weighted by Crippen LogP contribution is 2.19. The van der Waals surface area contributed by atoms with E-state index in [-0.39, 0.29) is 12.1 Å². The first-order valence-corrected chi connectivity index (χ1v) is 10.8. The van der Waals surface area contributed by atoms with Crippen molar-refractivity contribution in [2.24, 2.45) is 10.9 Å². The third kappa shape index (κ3) is 9.72. The normalized spacial score (nSPS) is 20.4. The van der Waals surface area contributed by atoms with Crippen LogP contribution in [0.1, 0.15) is 66.1 Å². The standard InChI is InChI=1S/C22H38N4O3/c1-16(2)15-24-20(23-13-12-19-7-6-14-28-19)25-17-8-10-18(11-9-17)26-21(27)29-22(3,4)5/h6-7,14,16-18H,8-13,15H2,1-5H3,(H,26,27)(H2,23,24,25). The van der Waals surface area contributed by atoms with E-state index in [4.69, 9.17) is 14.1 Å². The Morgan fingerprint density at radius 3 is 2.41 bits per heavy atom. The monoisotopic (exact) mass is 406 g/mol. The van der Waals surface area contributed by atoms with E-state index < -0.39 is 5.60 Å². The van der Waals surface area contributed by atoms with Gasteiger partial charge in [0.05, 0.1) is 6.26 Å². The zero-order chi connectivity index (χ0) is 21.3. The average molecular weight is 407 g/mol. The fraction of sp³-hybridized carbons (Fsp3) is 0.727. The molecule has 29 heavy (non-hydrogen) atoms. The second-order valence-corrected chi connectivity index (χ2v) is 9.18. The molecule has 1 amide bonds. The highest BCUT2D eigenvalue weighted by Gasteiger charge is 2.25. The first-order chi connectivity index (χ1) is 13.7. The Bertz CT molecular complexity index is 627. The minimum Gasteiger partial charge on any atom is -0.469 e. The molecule has 0 atom stereocenters. The van der Waals surface area contributed by atoms with Crippen LogP contribution in [0.3, 0.4) is 0 Å². The number of rotatable bonds is 7. The van der Waals surface area contributed by atoms with Crippen molar-refractivity contribution >= 4 is 12.1 Å². The van der Waals surface area contributed by atoms with Crippen LogP contribution in [-0.2, 0) is 11.2 Å². The molecular formula is C22H38N4O3. The molecule has 0 bridgehead atoms. The molecule has 0 saturated heterocycles. The maximum absolute atomic E-state index is 12.0. The molecule has 1 aromatic rings. The molecule has 1 heterocycles. The first-order valence-electron chi connectivity index (χ1n) is 10.8. The summed E-state index contributed by atoms with van der Waals surface area (Å²) in [6, 6.07) is 4.42. The van der Waals surface area contributed by atoms with Crippen LogP contribution in [0.4, 0.5) is 4.79 Å². The zero-order valence-corrected chi connectivity index (χ0v) is 18.6. The van der Waals surface area contributed by atoms with Crippen molar-refractivity contribution in [3.8, 4) is 0 Å². The Kier molecular flexibility index (Phi) is 8.86. The molecule has 0 aliphatic heterocycles. The molecule has 1 fully saturated rings. The van der Waals surface area contributed by atoms with Crippen LogP contribution >= 0.6 is 0 Å². The van der Waals surface area contributed by atoms with Gasteiger partial charge in [0, 0.05) is 31.6 Å². The molecule has 0 aromatic carbocycles. The van der Waals surface area contributed by atoms with Gasteiger partial charge < -0.3 is 25.1 Å². The molecule has 0 spiro atoms. The maximum Gasteiger partial charge on any atom is 0.407 e. The Hall–Kier alpha value is -2.18. The minimum atomic E-state index is -0.466. The number of nitrogens with one attached hydrogen (secondary N) is 3. The lowest BCUT2D eigenvalue weighted by molar-refractivity contribution is 0.0490. The molecule has 7 heteroatoms. The number of alkyl carbamates (subject to hydrolysis) is 1. The lowest BCUT2D eigenvalue weighted by Crippen LogP contribution is -2.48. The Morgan fingerprint density at radius 1 is 1.21 bits per heavy atom. The Morgan fingerprint density at radius 2 is 1.86 bits per heavy atom. The van der Waals surface area contributed by atoms with Crippen molar-refractivity contribution in [1.82, 2.24) is 16.0 Å². The van der Waals surface area contributed by atoms with Gasteiger partial charge in [-0.15, -0.1) is 0 Å². The number of hydrogen-bond acceptors (Lipinski definition) is 4. The highest BCUT2D eigenvalue weighted by molar-refractivity contribution is 5.80. The Labute approximate surface area is 175 Å². The van der Waals surface area contributed by atoms with E-state index in [0.29, 0.717) is 12.0 Å². The van der Waals surface area contributed by atoms with E-state index in [1.165, 1.54) is 0 Å².